The molecule has 0 aliphatic heterocycles. The van der Waals surface area contributed by atoms with Gasteiger partial charge < -0.3 is 13.6 Å². The van der Waals surface area contributed by atoms with Crippen LogP contribution in [0.4, 0.5) is 0 Å². The Kier molecular flexibility index (Phi) is 13.7. The van der Waals surface area contributed by atoms with E-state index in [0.717, 1.165) is 41.3 Å². The summed E-state index contributed by atoms with van der Waals surface area (Å²) in [6.07, 6.45) is 4.66. The summed E-state index contributed by atoms with van der Waals surface area (Å²) in [7, 11) is 0. The first-order valence-corrected chi connectivity index (χ1v) is 26.9. The SMILES string of the molecule is CCC(C)Cc1ccc(-c2cc(-n3c4ccccc4c4ccccc43)cc(-n3c4ccccc4c4ccccc43)c2)cc1.CCC(C)Cc1ccc(-c2ccc(-c3nnc(-c4ccc(C(C)(C)C)cc4)o3)cc2)cc1. The lowest BCUT2D eigenvalue weighted by molar-refractivity contribution is 0.560. The van der Waals surface area contributed by atoms with Gasteiger partial charge in [0.25, 0.3) is 0 Å². The molecule has 0 bridgehead atoms. The normalized spacial score (nSPS) is 12.6. The average Bonchev–Trinajstić information content (AvgIpc) is 4.17. The second-order valence-corrected chi connectivity index (χ2v) is 21.6. The van der Waals surface area contributed by atoms with Crippen LogP contribution in [0.25, 0.3) is 100 Å². The standard InChI is InChI=1S/C41H34N2.C29H32N2O/c1-3-28(2)24-29-20-22-30(23-21-29)31-25-32(42-38-16-8-4-12-34(38)35-13-5-9-17-39(35)42)27-33(26-31)43-40-18-10-6-14-36(40)37-15-7-11-19-41(37)43;1-6-20(2)19-21-7-9-22(10-8-21)23-11-13-24(14-12-23)27-30-31-28(32-27)25-15-17-26(18-16-25)29(3,4)5/h4-23,25-28H,3,24H2,1-2H3;7-18,20H,6,19H2,1-5H3. The Hall–Kier alpha value is -8.28. The van der Waals surface area contributed by atoms with Gasteiger partial charge in [-0.2, -0.15) is 0 Å². The van der Waals surface area contributed by atoms with Crippen molar-refractivity contribution in [2.75, 3.05) is 0 Å². The van der Waals surface area contributed by atoms with Crippen LogP contribution in [0.5, 0.6) is 0 Å². The summed E-state index contributed by atoms with van der Waals surface area (Å²) in [4.78, 5) is 0. The number of para-hydroxylation sites is 4. The van der Waals surface area contributed by atoms with E-state index in [1.165, 1.54) is 95.4 Å². The van der Waals surface area contributed by atoms with Gasteiger partial charge >= 0.3 is 0 Å². The van der Waals surface area contributed by atoms with Gasteiger partial charge in [-0.25, -0.2) is 0 Å². The molecule has 0 N–H and O–H groups in total. The van der Waals surface area contributed by atoms with Crippen molar-refractivity contribution in [3.05, 3.63) is 229 Å². The number of rotatable bonds is 12. The highest BCUT2D eigenvalue weighted by Crippen LogP contribution is 2.38. The van der Waals surface area contributed by atoms with Gasteiger partial charge in [0.05, 0.1) is 22.1 Å². The second kappa shape index (κ2) is 20.9. The van der Waals surface area contributed by atoms with E-state index >= 15 is 0 Å². The first kappa shape index (κ1) is 49.0. The van der Waals surface area contributed by atoms with Gasteiger partial charge in [0.2, 0.25) is 11.8 Å². The molecule has 12 aromatic rings. The monoisotopic (exact) mass is 979 g/mol. The Morgan fingerprint density at radius 3 is 1.07 bits per heavy atom. The maximum atomic E-state index is 5.97. The van der Waals surface area contributed by atoms with E-state index in [-0.39, 0.29) is 5.41 Å². The van der Waals surface area contributed by atoms with Gasteiger partial charge in [-0.1, -0.05) is 207 Å². The fraction of sp³-hybridized carbons (Fsp3) is 0.200. The van der Waals surface area contributed by atoms with Crippen LogP contribution >= 0.6 is 0 Å². The average molecular weight is 979 g/mol. The molecule has 75 heavy (non-hydrogen) atoms. The lowest BCUT2D eigenvalue weighted by atomic mass is 9.87. The van der Waals surface area contributed by atoms with Crippen molar-refractivity contribution < 1.29 is 4.42 Å². The third kappa shape index (κ3) is 10.1. The van der Waals surface area contributed by atoms with Crippen LogP contribution in [0.2, 0.25) is 0 Å². The molecule has 9 aromatic carbocycles. The topological polar surface area (TPSA) is 48.8 Å². The number of hydrogen-bond acceptors (Lipinski definition) is 3. The molecule has 0 aliphatic rings. The minimum atomic E-state index is 0.120. The molecule has 0 aliphatic carbocycles. The van der Waals surface area contributed by atoms with Crippen molar-refractivity contribution >= 4 is 43.6 Å². The molecule has 0 saturated heterocycles. The fourth-order valence-electron chi connectivity index (χ4n) is 10.6. The summed E-state index contributed by atoms with van der Waals surface area (Å²) in [5.74, 6) is 2.49. The lowest BCUT2D eigenvalue weighted by Gasteiger charge is -2.18. The molecule has 0 amide bonds. The van der Waals surface area contributed by atoms with Crippen molar-refractivity contribution in [1.29, 1.82) is 0 Å². The molecular weight excluding hydrogens is 913 g/mol. The Bertz CT molecular complexity index is 3660. The Balaban J connectivity index is 0.000000168. The van der Waals surface area contributed by atoms with E-state index < -0.39 is 0 Å². The van der Waals surface area contributed by atoms with Crippen molar-refractivity contribution in [3.8, 4) is 56.5 Å². The van der Waals surface area contributed by atoms with Crippen molar-refractivity contribution in [2.45, 2.75) is 79.6 Å². The van der Waals surface area contributed by atoms with Crippen LogP contribution < -0.4 is 0 Å². The van der Waals surface area contributed by atoms with Crippen LogP contribution in [-0.2, 0) is 18.3 Å². The second-order valence-electron chi connectivity index (χ2n) is 21.6. The maximum absolute atomic E-state index is 5.97. The number of fused-ring (bicyclic) bond motifs is 6. The quantitative estimate of drug-likeness (QED) is 0.123. The number of aromatic nitrogens is 4. The van der Waals surface area contributed by atoms with Gasteiger partial charge in [0.1, 0.15) is 0 Å². The van der Waals surface area contributed by atoms with Gasteiger partial charge in [-0.05, 0) is 136 Å². The van der Waals surface area contributed by atoms with Gasteiger partial charge in [-0.15, -0.1) is 10.2 Å². The molecule has 5 heteroatoms. The number of hydrogen-bond donors (Lipinski definition) is 0. The minimum Gasteiger partial charge on any atom is -0.416 e. The smallest absolute Gasteiger partial charge is 0.248 e. The van der Waals surface area contributed by atoms with E-state index in [1.807, 2.05) is 24.3 Å². The summed E-state index contributed by atoms with van der Waals surface area (Å²) in [6, 6.07) is 76.9. The molecule has 2 unspecified atom stereocenters. The van der Waals surface area contributed by atoms with E-state index in [9.17, 15) is 0 Å². The van der Waals surface area contributed by atoms with Crippen LogP contribution in [-0.4, -0.2) is 19.3 Å². The largest absolute Gasteiger partial charge is 0.416 e. The summed E-state index contributed by atoms with van der Waals surface area (Å²) in [6.45, 7) is 15.8. The molecule has 0 fully saturated rings. The van der Waals surface area contributed by atoms with Gasteiger partial charge in [0.15, 0.2) is 0 Å². The number of benzene rings is 9. The lowest BCUT2D eigenvalue weighted by Crippen LogP contribution is -2.10. The summed E-state index contributed by atoms with van der Waals surface area (Å²) in [5, 5.41) is 13.6. The Morgan fingerprint density at radius 1 is 0.387 bits per heavy atom. The summed E-state index contributed by atoms with van der Waals surface area (Å²) < 4.78 is 10.8. The zero-order valence-electron chi connectivity index (χ0n) is 44.4. The molecule has 3 aromatic heterocycles. The van der Waals surface area contributed by atoms with Crippen molar-refractivity contribution in [3.63, 3.8) is 0 Å². The van der Waals surface area contributed by atoms with Crippen LogP contribution in [0, 0.1) is 11.8 Å². The molecule has 372 valence electrons. The summed E-state index contributed by atoms with van der Waals surface area (Å²) in [5.41, 5.74) is 18.1. The molecule has 0 spiro atoms. The zero-order valence-corrected chi connectivity index (χ0v) is 44.4. The Morgan fingerprint density at radius 2 is 0.707 bits per heavy atom. The molecule has 5 nitrogen and oxygen atoms in total. The predicted octanol–water partition coefficient (Wildman–Crippen LogP) is 19.1. The fourth-order valence-corrected chi connectivity index (χ4v) is 10.6. The highest BCUT2D eigenvalue weighted by atomic mass is 16.4. The zero-order chi connectivity index (χ0) is 51.6. The third-order valence-corrected chi connectivity index (χ3v) is 15.3. The van der Waals surface area contributed by atoms with Crippen LogP contribution in [0.1, 0.15) is 78.0 Å². The molecule has 0 radical (unpaired) electrons. The molecular formula is C70H66N4O. The van der Waals surface area contributed by atoms with Gasteiger partial charge in [0, 0.05) is 44.0 Å². The Labute approximate surface area is 442 Å². The van der Waals surface area contributed by atoms with E-state index in [0.29, 0.717) is 17.7 Å². The molecule has 12 rings (SSSR count). The highest BCUT2D eigenvalue weighted by molar-refractivity contribution is 6.10. The van der Waals surface area contributed by atoms with Gasteiger partial charge in [-0.3, -0.25) is 0 Å². The van der Waals surface area contributed by atoms with Crippen molar-refractivity contribution in [2.24, 2.45) is 11.8 Å². The van der Waals surface area contributed by atoms with E-state index in [4.69, 9.17) is 4.42 Å². The maximum Gasteiger partial charge on any atom is 0.248 e. The van der Waals surface area contributed by atoms with Crippen LogP contribution in [0.3, 0.4) is 0 Å². The third-order valence-electron chi connectivity index (χ3n) is 15.3. The van der Waals surface area contributed by atoms with E-state index in [1.54, 1.807) is 0 Å². The predicted molar refractivity (Wildman–Crippen MR) is 316 cm³/mol. The summed E-state index contributed by atoms with van der Waals surface area (Å²) >= 11 is 0. The van der Waals surface area contributed by atoms with Crippen LogP contribution in [0.15, 0.2) is 217 Å². The first-order valence-electron chi connectivity index (χ1n) is 26.9. The molecule has 2 atom stereocenters. The minimum absolute atomic E-state index is 0.120. The molecule has 3 heterocycles. The molecule has 0 saturated carbocycles. The van der Waals surface area contributed by atoms with E-state index in [2.05, 4.69) is 256 Å². The first-order chi connectivity index (χ1) is 36.5. The van der Waals surface area contributed by atoms with Crippen molar-refractivity contribution in [1.82, 2.24) is 19.3 Å². The number of nitrogens with zero attached hydrogens (tertiary/aromatic N) is 4. The highest BCUT2D eigenvalue weighted by Gasteiger charge is 2.19.